The van der Waals surface area contributed by atoms with Crippen LogP contribution in [0.2, 0.25) is 5.15 Å². The van der Waals surface area contributed by atoms with Crippen LogP contribution in [-0.4, -0.2) is 28.2 Å². The third-order valence-corrected chi connectivity index (χ3v) is 3.12. The van der Waals surface area contributed by atoms with Gasteiger partial charge in [-0.1, -0.05) is 11.6 Å². The Kier molecular flexibility index (Phi) is 2.14. The Hall–Kier alpha value is -0.740. The topological polar surface area (TPSA) is 29.0 Å². The molecule has 0 N–H and O–H groups in total. The fourth-order valence-corrected chi connectivity index (χ4v) is 2.00. The Morgan fingerprint density at radius 1 is 1.27 bits per heavy atom. The van der Waals surface area contributed by atoms with Gasteiger partial charge in [-0.05, 0) is 18.9 Å². The summed E-state index contributed by atoms with van der Waals surface area (Å²) in [5.74, 6) is 1.52. The van der Waals surface area contributed by atoms with E-state index in [9.17, 15) is 4.48 Å². The fraction of sp³-hybridized carbons (Fsp3) is 0.600. The number of halogens is 2. The average molecular weight is 228 g/mol. The van der Waals surface area contributed by atoms with Gasteiger partial charge in [-0.15, -0.1) is 9.60 Å². The molecule has 2 fully saturated rings. The number of rotatable bonds is 2. The van der Waals surface area contributed by atoms with Crippen LogP contribution in [0.15, 0.2) is 6.07 Å². The van der Waals surface area contributed by atoms with Crippen molar-refractivity contribution in [1.29, 1.82) is 0 Å². The van der Waals surface area contributed by atoms with Gasteiger partial charge < -0.3 is 0 Å². The van der Waals surface area contributed by atoms with Gasteiger partial charge in [-0.25, -0.2) is 9.97 Å². The molecule has 1 saturated heterocycles. The Morgan fingerprint density at radius 2 is 2.00 bits per heavy atom. The maximum Gasteiger partial charge on any atom is 0.133 e. The lowest BCUT2D eigenvalue weighted by atomic mass is 9.99. The standard InChI is InChI=1S/C10H11ClFN3/c11-9-3-8(7-4-15(12)5-7)13-10(14-9)6-1-2-6/h3,6-7H,1-2,4-5H2. The van der Waals surface area contributed by atoms with Gasteiger partial charge in [-0.2, -0.15) is 0 Å². The molecular formula is C10H11ClFN3. The molecule has 0 atom stereocenters. The van der Waals surface area contributed by atoms with Crippen LogP contribution in [0, 0.1) is 0 Å². The number of hydrogen-bond donors (Lipinski definition) is 0. The molecule has 3 rings (SSSR count). The van der Waals surface area contributed by atoms with Crippen LogP contribution in [0.3, 0.4) is 0 Å². The molecule has 1 aromatic heterocycles. The number of aromatic nitrogens is 2. The molecule has 0 radical (unpaired) electrons. The smallest absolute Gasteiger partial charge is 0.133 e. The summed E-state index contributed by atoms with van der Waals surface area (Å²) in [6.07, 6.45) is 2.30. The molecule has 15 heavy (non-hydrogen) atoms. The Morgan fingerprint density at radius 3 is 2.60 bits per heavy atom. The highest BCUT2D eigenvalue weighted by atomic mass is 35.5. The van der Waals surface area contributed by atoms with Crippen LogP contribution in [0.25, 0.3) is 0 Å². The van der Waals surface area contributed by atoms with Crippen LogP contribution in [0.4, 0.5) is 4.48 Å². The van der Waals surface area contributed by atoms with Crippen molar-refractivity contribution in [3.8, 4) is 0 Å². The van der Waals surface area contributed by atoms with E-state index >= 15 is 0 Å². The third kappa shape index (κ3) is 1.84. The van der Waals surface area contributed by atoms with Gasteiger partial charge in [0.25, 0.3) is 0 Å². The molecule has 1 aliphatic carbocycles. The van der Waals surface area contributed by atoms with Crippen LogP contribution >= 0.6 is 11.6 Å². The van der Waals surface area contributed by atoms with Crippen molar-refractivity contribution in [2.45, 2.75) is 24.7 Å². The van der Waals surface area contributed by atoms with Crippen molar-refractivity contribution in [2.24, 2.45) is 0 Å². The molecule has 0 amide bonds. The molecule has 1 saturated carbocycles. The highest BCUT2D eigenvalue weighted by molar-refractivity contribution is 6.29. The molecule has 1 aliphatic heterocycles. The summed E-state index contributed by atoms with van der Waals surface area (Å²) in [4.78, 5) is 8.67. The molecule has 3 nitrogen and oxygen atoms in total. The van der Waals surface area contributed by atoms with Gasteiger partial charge in [0.2, 0.25) is 0 Å². The predicted octanol–water partition coefficient (Wildman–Crippen LogP) is 2.29. The zero-order chi connectivity index (χ0) is 10.4. The second kappa shape index (κ2) is 3.39. The largest absolute Gasteiger partial charge is 0.237 e. The van der Waals surface area contributed by atoms with Crippen LogP contribution in [-0.2, 0) is 0 Å². The highest BCUT2D eigenvalue weighted by Crippen LogP contribution is 2.39. The lowest BCUT2D eigenvalue weighted by molar-refractivity contribution is -0.0525. The third-order valence-electron chi connectivity index (χ3n) is 2.93. The number of nitrogens with zero attached hydrogens (tertiary/aromatic N) is 3. The first-order chi connectivity index (χ1) is 7.22. The second-order valence-electron chi connectivity index (χ2n) is 4.27. The highest BCUT2D eigenvalue weighted by Gasteiger charge is 2.32. The summed E-state index contributed by atoms with van der Waals surface area (Å²) in [5.41, 5.74) is 0.894. The predicted molar refractivity (Wildman–Crippen MR) is 54.4 cm³/mol. The zero-order valence-corrected chi connectivity index (χ0v) is 8.91. The van der Waals surface area contributed by atoms with E-state index in [0.717, 1.165) is 29.5 Å². The fourth-order valence-electron chi connectivity index (χ4n) is 1.80. The minimum Gasteiger partial charge on any atom is -0.237 e. The van der Waals surface area contributed by atoms with E-state index in [0.29, 0.717) is 24.2 Å². The molecule has 5 heteroatoms. The zero-order valence-electron chi connectivity index (χ0n) is 8.16. The summed E-state index contributed by atoms with van der Waals surface area (Å²) in [7, 11) is 0. The van der Waals surface area contributed by atoms with Crippen molar-refractivity contribution in [3.63, 3.8) is 0 Å². The van der Waals surface area contributed by atoms with Crippen molar-refractivity contribution in [1.82, 2.24) is 15.1 Å². The monoisotopic (exact) mass is 227 g/mol. The molecule has 0 unspecified atom stereocenters. The van der Waals surface area contributed by atoms with Gasteiger partial charge >= 0.3 is 0 Å². The maximum atomic E-state index is 12.6. The van der Waals surface area contributed by atoms with Crippen LogP contribution in [0.5, 0.6) is 0 Å². The van der Waals surface area contributed by atoms with Crippen molar-refractivity contribution < 1.29 is 4.48 Å². The van der Waals surface area contributed by atoms with E-state index in [2.05, 4.69) is 9.97 Å². The Labute approximate surface area is 92.2 Å². The van der Waals surface area contributed by atoms with Crippen LogP contribution < -0.4 is 0 Å². The first-order valence-electron chi connectivity index (χ1n) is 5.17. The summed E-state index contributed by atoms with van der Waals surface area (Å²) in [6.45, 7) is 0.856. The van der Waals surface area contributed by atoms with Crippen LogP contribution in [0.1, 0.15) is 36.2 Å². The van der Waals surface area contributed by atoms with E-state index in [1.54, 1.807) is 6.07 Å². The van der Waals surface area contributed by atoms with Gasteiger partial charge in [0.15, 0.2) is 0 Å². The lowest BCUT2D eigenvalue weighted by Gasteiger charge is -2.31. The SMILES string of the molecule is FN1CC(c2cc(Cl)nc(C3CC3)n2)C1. The first-order valence-corrected chi connectivity index (χ1v) is 5.55. The van der Waals surface area contributed by atoms with Gasteiger partial charge in [0.1, 0.15) is 11.0 Å². The summed E-state index contributed by atoms with van der Waals surface area (Å²) < 4.78 is 12.6. The molecule has 0 aromatic carbocycles. The summed E-state index contributed by atoms with van der Waals surface area (Å²) in [6, 6.07) is 1.76. The van der Waals surface area contributed by atoms with E-state index < -0.39 is 0 Å². The molecule has 2 heterocycles. The molecule has 2 aliphatic rings. The van der Waals surface area contributed by atoms with Gasteiger partial charge in [0, 0.05) is 24.9 Å². The normalized spacial score (nSPS) is 22.8. The first kappa shape index (κ1) is 9.48. The quantitative estimate of drug-likeness (QED) is 0.574. The van der Waals surface area contributed by atoms with Crippen molar-refractivity contribution in [3.05, 3.63) is 22.7 Å². The number of hydrogen-bond acceptors (Lipinski definition) is 3. The lowest BCUT2D eigenvalue weighted by Crippen LogP contribution is -2.39. The maximum absolute atomic E-state index is 12.6. The second-order valence-corrected chi connectivity index (χ2v) is 4.66. The summed E-state index contributed by atoms with van der Waals surface area (Å²) in [5, 5.41) is 1.27. The van der Waals surface area contributed by atoms with Crippen molar-refractivity contribution in [2.75, 3.05) is 13.1 Å². The minimum absolute atomic E-state index is 0.188. The molecule has 0 spiro atoms. The Balaban J connectivity index is 1.87. The Bertz CT molecular complexity index is 388. The van der Waals surface area contributed by atoms with Crippen molar-refractivity contribution >= 4 is 11.6 Å². The van der Waals surface area contributed by atoms with E-state index in [4.69, 9.17) is 11.6 Å². The molecule has 0 bridgehead atoms. The van der Waals surface area contributed by atoms with E-state index in [1.165, 1.54) is 0 Å². The molecular weight excluding hydrogens is 217 g/mol. The van der Waals surface area contributed by atoms with E-state index in [1.807, 2.05) is 0 Å². The van der Waals surface area contributed by atoms with E-state index in [-0.39, 0.29) is 5.92 Å². The van der Waals surface area contributed by atoms with Gasteiger partial charge in [-0.3, -0.25) is 0 Å². The average Bonchev–Trinajstić information content (AvgIpc) is 2.94. The van der Waals surface area contributed by atoms with Gasteiger partial charge in [0.05, 0.1) is 5.69 Å². The summed E-state index contributed by atoms with van der Waals surface area (Å²) >= 11 is 5.92. The minimum atomic E-state index is 0.188. The molecule has 1 aromatic rings. The molecule has 80 valence electrons.